The van der Waals surface area contributed by atoms with E-state index in [4.69, 9.17) is 11.6 Å². The fourth-order valence-electron chi connectivity index (χ4n) is 2.84. The van der Waals surface area contributed by atoms with Crippen LogP contribution in [0, 0.1) is 0 Å². The fraction of sp³-hybridized carbons (Fsp3) is 0.222. The van der Waals surface area contributed by atoms with Crippen molar-refractivity contribution in [3.63, 3.8) is 0 Å². The molecule has 0 fully saturated rings. The van der Waals surface area contributed by atoms with Crippen LogP contribution in [0.15, 0.2) is 44.8 Å². The molecule has 0 spiro atoms. The van der Waals surface area contributed by atoms with E-state index in [9.17, 15) is 36.0 Å². The molecule has 2 aromatic heterocycles. The summed E-state index contributed by atoms with van der Waals surface area (Å²) in [4.78, 5) is 40.8. The summed E-state index contributed by atoms with van der Waals surface area (Å²) in [5.74, 6) is -0.893. The van der Waals surface area contributed by atoms with Crippen LogP contribution in [0.4, 0.5) is 18.9 Å². The number of aryl methyl sites for hydroxylation is 1. The van der Waals surface area contributed by atoms with Crippen molar-refractivity contribution in [2.45, 2.75) is 17.6 Å². The predicted molar refractivity (Wildman–Crippen MR) is 109 cm³/mol. The van der Waals surface area contributed by atoms with Gasteiger partial charge in [-0.25, -0.2) is 18.2 Å². The number of fused-ring (bicyclic) bond motifs is 1. The molecule has 0 aliphatic carbocycles. The van der Waals surface area contributed by atoms with Gasteiger partial charge in [0.25, 0.3) is 5.56 Å². The van der Waals surface area contributed by atoms with Gasteiger partial charge in [0.2, 0.25) is 5.91 Å². The van der Waals surface area contributed by atoms with Gasteiger partial charge in [0.1, 0.15) is 17.9 Å². The van der Waals surface area contributed by atoms with Crippen molar-refractivity contribution in [1.29, 1.82) is 0 Å². The molecule has 1 amide bonds. The molecule has 0 radical (unpaired) electrons. The number of nitrogens with one attached hydrogen (secondary N) is 1. The zero-order chi connectivity index (χ0) is 24.0. The highest BCUT2D eigenvalue weighted by Crippen LogP contribution is 2.28. The number of alkyl halides is 3. The van der Waals surface area contributed by atoms with Gasteiger partial charge in [0, 0.05) is 13.3 Å². The topological polar surface area (TPSA) is 120 Å². The molecule has 0 saturated heterocycles. The lowest BCUT2D eigenvalue weighted by atomic mass is 10.2. The number of sulfone groups is 1. The van der Waals surface area contributed by atoms with Crippen molar-refractivity contribution in [3.05, 3.63) is 61.9 Å². The Kier molecular flexibility index (Phi) is 5.91. The smallest absolute Gasteiger partial charge is 0.323 e. The second-order valence-corrected chi connectivity index (χ2v) is 9.18. The third kappa shape index (κ3) is 4.53. The largest absolute Gasteiger partial charge is 0.433 e. The van der Waals surface area contributed by atoms with Crippen LogP contribution in [0.3, 0.4) is 0 Å². The molecule has 2 heterocycles. The minimum atomic E-state index is -4.78. The summed E-state index contributed by atoms with van der Waals surface area (Å²) in [6, 6.07) is 5.06. The zero-order valence-electron chi connectivity index (χ0n) is 16.4. The van der Waals surface area contributed by atoms with E-state index < -0.39 is 51.1 Å². The Bertz CT molecular complexity index is 1480. The third-order valence-corrected chi connectivity index (χ3v) is 5.86. The normalized spacial score (nSPS) is 12.2. The minimum Gasteiger partial charge on any atom is -0.323 e. The van der Waals surface area contributed by atoms with Crippen LogP contribution in [0.5, 0.6) is 0 Å². The monoisotopic (exact) mass is 490 g/mol. The van der Waals surface area contributed by atoms with E-state index in [0.717, 1.165) is 30.0 Å². The van der Waals surface area contributed by atoms with Crippen LogP contribution in [0.25, 0.3) is 11.0 Å². The third-order valence-electron chi connectivity index (χ3n) is 4.42. The number of benzene rings is 1. The summed E-state index contributed by atoms with van der Waals surface area (Å²) < 4.78 is 63.3. The highest BCUT2D eigenvalue weighted by atomic mass is 35.5. The van der Waals surface area contributed by atoms with E-state index in [-0.39, 0.29) is 21.0 Å². The lowest BCUT2D eigenvalue weighted by Crippen LogP contribution is -2.42. The zero-order valence-corrected chi connectivity index (χ0v) is 18.0. The number of pyridine rings is 1. The molecule has 0 aliphatic rings. The molecule has 3 aromatic rings. The number of nitrogens with zero attached hydrogens (tertiary/aromatic N) is 3. The van der Waals surface area contributed by atoms with Crippen LogP contribution in [-0.2, 0) is 34.4 Å². The Morgan fingerprint density at radius 3 is 2.44 bits per heavy atom. The average Bonchev–Trinajstić information content (AvgIpc) is 2.69. The number of hydrogen-bond donors (Lipinski definition) is 1. The van der Waals surface area contributed by atoms with Crippen molar-refractivity contribution in [2.75, 3.05) is 11.6 Å². The lowest BCUT2D eigenvalue weighted by molar-refractivity contribution is -0.141. The van der Waals surface area contributed by atoms with Gasteiger partial charge in [-0.1, -0.05) is 11.6 Å². The first-order chi connectivity index (χ1) is 14.7. The van der Waals surface area contributed by atoms with Crippen LogP contribution in [0.2, 0.25) is 5.02 Å². The number of aromatic nitrogens is 3. The van der Waals surface area contributed by atoms with E-state index in [1.54, 1.807) is 0 Å². The van der Waals surface area contributed by atoms with E-state index in [2.05, 4.69) is 10.3 Å². The molecule has 1 N–H and O–H groups in total. The number of carbonyl (C=O) groups is 1. The molecule has 3 rings (SSSR count). The SMILES string of the molecule is Cn1c(=O)n(CC(=O)Nc2cc(S(C)(=O)=O)ccc2Cl)c(=O)c2ccc(C(F)(F)F)nc21. The Hall–Kier alpha value is -3.19. The molecule has 0 bridgehead atoms. The Labute approximate surface area is 183 Å². The number of carbonyl (C=O) groups excluding carboxylic acids is 1. The van der Waals surface area contributed by atoms with Gasteiger partial charge in [-0.2, -0.15) is 13.2 Å². The van der Waals surface area contributed by atoms with Gasteiger partial charge < -0.3 is 5.32 Å². The fourth-order valence-corrected chi connectivity index (χ4v) is 3.65. The first kappa shape index (κ1) is 23.5. The number of halogens is 4. The first-order valence-electron chi connectivity index (χ1n) is 8.67. The summed E-state index contributed by atoms with van der Waals surface area (Å²) in [6.07, 6.45) is -3.82. The summed E-state index contributed by atoms with van der Waals surface area (Å²) >= 11 is 5.97. The number of anilines is 1. The quantitative estimate of drug-likeness (QED) is 0.595. The number of rotatable bonds is 4. The van der Waals surface area contributed by atoms with Crippen molar-refractivity contribution in [1.82, 2.24) is 14.1 Å². The van der Waals surface area contributed by atoms with Gasteiger partial charge in [-0.3, -0.25) is 18.7 Å². The first-order valence-corrected chi connectivity index (χ1v) is 10.9. The minimum absolute atomic E-state index is 0.00777. The van der Waals surface area contributed by atoms with Crippen molar-refractivity contribution >= 4 is 44.1 Å². The standard InChI is InChI=1S/C18H14ClF3N4O5S/c1-25-15-10(4-6-13(24-15)18(20,21)22)16(28)26(17(25)29)8-14(27)23-12-7-9(32(2,30)31)3-5-11(12)19/h3-7H,8H2,1-2H3,(H,23,27). The van der Waals surface area contributed by atoms with Crippen molar-refractivity contribution in [3.8, 4) is 0 Å². The number of hydrogen-bond acceptors (Lipinski definition) is 6. The van der Waals surface area contributed by atoms with Crippen LogP contribution < -0.4 is 16.6 Å². The van der Waals surface area contributed by atoms with E-state index in [1.165, 1.54) is 12.1 Å². The molecule has 0 aliphatic heterocycles. The molecule has 9 nitrogen and oxygen atoms in total. The maximum absolute atomic E-state index is 12.9. The summed E-state index contributed by atoms with van der Waals surface area (Å²) in [7, 11) is -2.49. The molecule has 0 unspecified atom stereocenters. The van der Waals surface area contributed by atoms with E-state index >= 15 is 0 Å². The maximum atomic E-state index is 12.9. The summed E-state index contributed by atoms with van der Waals surface area (Å²) in [6.45, 7) is -0.804. The maximum Gasteiger partial charge on any atom is 0.433 e. The Morgan fingerprint density at radius 1 is 1.19 bits per heavy atom. The van der Waals surface area contributed by atoms with Gasteiger partial charge >= 0.3 is 11.9 Å². The predicted octanol–water partition coefficient (Wildman–Crippen LogP) is 1.81. The van der Waals surface area contributed by atoms with Crippen molar-refractivity contribution < 1.29 is 26.4 Å². The second kappa shape index (κ2) is 8.06. The second-order valence-electron chi connectivity index (χ2n) is 6.76. The van der Waals surface area contributed by atoms with Crippen molar-refractivity contribution in [2.24, 2.45) is 7.05 Å². The molecular formula is C18H14ClF3N4O5S. The highest BCUT2D eigenvalue weighted by molar-refractivity contribution is 7.90. The lowest BCUT2D eigenvalue weighted by Gasteiger charge is -2.13. The molecule has 32 heavy (non-hydrogen) atoms. The molecular weight excluding hydrogens is 477 g/mol. The van der Waals surface area contributed by atoms with E-state index in [0.29, 0.717) is 10.6 Å². The highest BCUT2D eigenvalue weighted by Gasteiger charge is 2.33. The Morgan fingerprint density at radius 2 is 1.84 bits per heavy atom. The molecule has 1 aromatic carbocycles. The van der Waals surface area contributed by atoms with Gasteiger partial charge in [0.15, 0.2) is 9.84 Å². The molecule has 14 heteroatoms. The molecule has 0 atom stereocenters. The summed E-state index contributed by atoms with van der Waals surface area (Å²) in [5.41, 5.74) is -3.93. The average molecular weight is 491 g/mol. The molecule has 170 valence electrons. The van der Waals surface area contributed by atoms with Crippen LogP contribution in [-0.4, -0.2) is 34.7 Å². The van der Waals surface area contributed by atoms with Gasteiger partial charge in [-0.05, 0) is 30.3 Å². The van der Waals surface area contributed by atoms with Gasteiger partial charge in [-0.15, -0.1) is 0 Å². The molecule has 0 saturated carbocycles. The van der Waals surface area contributed by atoms with E-state index in [1.807, 2.05) is 0 Å². The van der Waals surface area contributed by atoms with Crippen LogP contribution in [0.1, 0.15) is 5.69 Å². The Balaban J connectivity index is 2.00. The summed E-state index contributed by atoms with van der Waals surface area (Å²) in [5, 5.41) is 2.02. The van der Waals surface area contributed by atoms with Gasteiger partial charge in [0.05, 0.1) is 21.0 Å². The number of amides is 1. The van der Waals surface area contributed by atoms with Crippen LogP contribution >= 0.6 is 11.6 Å².